The molecule has 2 aromatic heterocycles. The van der Waals surface area contributed by atoms with Crippen molar-refractivity contribution in [3.63, 3.8) is 0 Å². The molecule has 1 aromatic carbocycles. The molecule has 3 rings (SSSR count). The summed E-state index contributed by atoms with van der Waals surface area (Å²) in [6.07, 6.45) is 4.44. The van der Waals surface area contributed by atoms with Crippen molar-refractivity contribution < 1.29 is 9.15 Å². The summed E-state index contributed by atoms with van der Waals surface area (Å²) in [5, 5.41) is 5.26. The summed E-state index contributed by atoms with van der Waals surface area (Å²) in [7, 11) is 0. The van der Waals surface area contributed by atoms with Crippen molar-refractivity contribution in [3.8, 4) is 0 Å². The number of aromatic nitrogens is 3. The molecule has 114 valence electrons. The van der Waals surface area contributed by atoms with Gasteiger partial charge in [0, 0.05) is 10.0 Å². The smallest absolute Gasteiger partial charge is 0.137 e. The summed E-state index contributed by atoms with van der Waals surface area (Å²) in [6, 6.07) is 9.01. The van der Waals surface area contributed by atoms with Gasteiger partial charge >= 0.3 is 0 Å². The van der Waals surface area contributed by atoms with Gasteiger partial charge in [-0.3, -0.25) is 0 Å². The number of halogens is 2. The molecule has 0 unspecified atom stereocenters. The zero-order chi connectivity index (χ0) is 15.4. The van der Waals surface area contributed by atoms with Crippen LogP contribution in [-0.4, -0.2) is 14.8 Å². The van der Waals surface area contributed by atoms with Gasteiger partial charge in [0.25, 0.3) is 0 Å². The van der Waals surface area contributed by atoms with Gasteiger partial charge in [0.2, 0.25) is 0 Å². The first-order valence-corrected chi connectivity index (χ1v) is 7.39. The lowest BCUT2D eigenvalue weighted by molar-refractivity contribution is 0.0118. The molecule has 0 amide bonds. The lowest BCUT2D eigenvalue weighted by atomic mass is 10.2. The number of benzene rings is 1. The second kappa shape index (κ2) is 6.96. The molecule has 0 saturated heterocycles. The third-order valence-electron chi connectivity index (χ3n) is 3.14. The van der Waals surface area contributed by atoms with Crippen molar-refractivity contribution in [2.24, 2.45) is 0 Å². The number of ether oxygens (including phenoxy) is 1. The van der Waals surface area contributed by atoms with Crippen LogP contribution in [0, 0.1) is 0 Å². The highest BCUT2D eigenvalue weighted by atomic mass is 35.5. The van der Waals surface area contributed by atoms with Crippen LogP contribution in [0.15, 0.2) is 53.7 Å². The summed E-state index contributed by atoms with van der Waals surface area (Å²) in [4.78, 5) is 3.93. The lowest BCUT2D eigenvalue weighted by Crippen LogP contribution is -2.13. The minimum Gasteiger partial charge on any atom is -0.467 e. The zero-order valence-electron chi connectivity index (χ0n) is 11.5. The van der Waals surface area contributed by atoms with E-state index in [0.717, 1.165) is 11.3 Å². The molecule has 0 aliphatic heterocycles. The fourth-order valence-corrected chi connectivity index (χ4v) is 2.49. The molecule has 0 radical (unpaired) electrons. The molecule has 0 saturated carbocycles. The minimum absolute atomic E-state index is 0.288. The van der Waals surface area contributed by atoms with Gasteiger partial charge in [-0.1, -0.05) is 29.3 Å². The summed E-state index contributed by atoms with van der Waals surface area (Å²) >= 11 is 12.1. The van der Waals surface area contributed by atoms with Gasteiger partial charge in [-0.05, 0) is 29.8 Å². The van der Waals surface area contributed by atoms with E-state index in [1.165, 1.54) is 6.33 Å². The Morgan fingerprint density at radius 1 is 1.27 bits per heavy atom. The highest BCUT2D eigenvalue weighted by Gasteiger charge is 2.17. The third-order valence-corrected chi connectivity index (χ3v) is 3.72. The Balaban J connectivity index is 1.72. The van der Waals surface area contributed by atoms with Crippen molar-refractivity contribution in [1.82, 2.24) is 14.8 Å². The van der Waals surface area contributed by atoms with Crippen molar-refractivity contribution in [1.29, 1.82) is 0 Å². The number of furan rings is 1. The van der Waals surface area contributed by atoms with Gasteiger partial charge in [-0.15, -0.1) is 0 Å². The van der Waals surface area contributed by atoms with Gasteiger partial charge in [-0.2, -0.15) is 5.10 Å². The molecule has 22 heavy (non-hydrogen) atoms. The summed E-state index contributed by atoms with van der Waals surface area (Å²) in [5.74, 6) is 0.723. The number of hydrogen-bond acceptors (Lipinski definition) is 4. The first-order chi connectivity index (χ1) is 10.7. The van der Waals surface area contributed by atoms with E-state index >= 15 is 0 Å². The van der Waals surface area contributed by atoms with Crippen LogP contribution in [0.5, 0.6) is 0 Å². The van der Waals surface area contributed by atoms with Crippen LogP contribution in [0.1, 0.15) is 17.4 Å². The topological polar surface area (TPSA) is 53.1 Å². The Kier molecular flexibility index (Phi) is 4.77. The van der Waals surface area contributed by atoms with Crippen LogP contribution in [0.2, 0.25) is 10.0 Å². The first kappa shape index (κ1) is 15.1. The van der Waals surface area contributed by atoms with Gasteiger partial charge in [0.1, 0.15) is 24.5 Å². The maximum atomic E-state index is 6.17. The normalized spacial score (nSPS) is 12.5. The predicted octanol–water partition coefficient (Wildman–Crippen LogP) is 4.14. The average Bonchev–Trinajstić information content (AvgIpc) is 3.18. The highest BCUT2D eigenvalue weighted by Crippen LogP contribution is 2.25. The largest absolute Gasteiger partial charge is 0.467 e. The minimum atomic E-state index is -0.288. The second-order valence-electron chi connectivity index (χ2n) is 4.67. The monoisotopic (exact) mass is 337 g/mol. The molecule has 7 heteroatoms. The van der Waals surface area contributed by atoms with Crippen LogP contribution in [0.3, 0.4) is 0 Å². The molecule has 0 spiro atoms. The number of nitrogens with zero attached hydrogens (tertiary/aromatic N) is 3. The maximum absolute atomic E-state index is 6.17. The van der Waals surface area contributed by atoms with Gasteiger partial charge in [-0.25, -0.2) is 9.67 Å². The van der Waals surface area contributed by atoms with Gasteiger partial charge < -0.3 is 9.15 Å². The van der Waals surface area contributed by atoms with Crippen LogP contribution in [0.4, 0.5) is 0 Å². The molecule has 0 N–H and O–H groups in total. The quantitative estimate of drug-likeness (QED) is 0.678. The maximum Gasteiger partial charge on any atom is 0.137 e. The fourth-order valence-electron chi connectivity index (χ4n) is 2.03. The zero-order valence-corrected chi connectivity index (χ0v) is 13.0. The summed E-state index contributed by atoms with van der Waals surface area (Å²) in [5.41, 5.74) is 0.862. The van der Waals surface area contributed by atoms with E-state index in [1.54, 1.807) is 29.4 Å². The van der Waals surface area contributed by atoms with E-state index in [9.17, 15) is 0 Å². The van der Waals surface area contributed by atoms with Crippen LogP contribution < -0.4 is 0 Å². The third kappa shape index (κ3) is 3.68. The molecule has 5 nitrogen and oxygen atoms in total. The summed E-state index contributed by atoms with van der Waals surface area (Å²) in [6.45, 7) is 0.842. The second-order valence-corrected chi connectivity index (χ2v) is 5.51. The molecule has 0 fully saturated rings. The Bertz CT molecular complexity index is 714. The molecule has 0 aliphatic carbocycles. The van der Waals surface area contributed by atoms with Gasteiger partial charge in [0.15, 0.2) is 0 Å². The molecular formula is C15H13Cl2N3O2. The van der Waals surface area contributed by atoms with Crippen molar-refractivity contribution >= 4 is 23.2 Å². The molecular weight excluding hydrogens is 325 g/mol. The van der Waals surface area contributed by atoms with E-state index in [4.69, 9.17) is 32.4 Å². The standard InChI is InChI=1S/C15H13Cl2N3O2/c16-12-4-3-11(13(17)6-12)8-22-15(14-2-1-5-21-14)7-20-10-18-9-19-20/h1-6,9-10,15H,7-8H2/t15-/m0/s1. The van der Waals surface area contributed by atoms with E-state index in [1.807, 2.05) is 18.2 Å². The SMILES string of the molecule is Clc1ccc(CO[C@@H](Cn2cncn2)c2ccco2)c(Cl)c1. The Morgan fingerprint density at radius 3 is 2.86 bits per heavy atom. The van der Waals surface area contributed by atoms with Crippen molar-refractivity contribution in [2.45, 2.75) is 19.3 Å². The van der Waals surface area contributed by atoms with Crippen LogP contribution >= 0.6 is 23.2 Å². The Hall–Kier alpha value is -1.82. The van der Waals surface area contributed by atoms with E-state index < -0.39 is 0 Å². The van der Waals surface area contributed by atoms with Gasteiger partial charge in [0.05, 0.1) is 19.4 Å². The van der Waals surface area contributed by atoms with E-state index in [-0.39, 0.29) is 6.10 Å². The highest BCUT2D eigenvalue weighted by molar-refractivity contribution is 6.35. The molecule has 0 bridgehead atoms. The molecule has 2 heterocycles. The average molecular weight is 338 g/mol. The number of hydrogen-bond donors (Lipinski definition) is 0. The van der Waals surface area contributed by atoms with Crippen LogP contribution in [0.25, 0.3) is 0 Å². The predicted molar refractivity (Wildman–Crippen MR) is 82.7 cm³/mol. The first-order valence-electron chi connectivity index (χ1n) is 6.64. The van der Waals surface area contributed by atoms with Crippen LogP contribution in [-0.2, 0) is 17.9 Å². The fraction of sp³-hybridized carbons (Fsp3) is 0.200. The summed E-state index contributed by atoms with van der Waals surface area (Å²) < 4.78 is 13.1. The Morgan fingerprint density at radius 2 is 2.18 bits per heavy atom. The molecule has 0 aliphatic rings. The molecule has 1 atom stereocenters. The molecule has 3 aromatic rings. The van der Waals surface area contributed by atoms with E-state index in [0.29, 0.717) is 23.2 Å². The van der Waals surface area contributed by atoms with Crippen molar-refractivity contribution in [3.05, 3.63) is 70.6 Å². The Labute approximate surface area is 137 Å². The number of rotatable bonds is 6. The van der Waals surface area contributed by atoms with E-state index in [2.05, 4.69) is 10.1 Å². The van der Waals surface area contributed by atoms with Crippen molar-refractivity contribution in [2.75, 3.05) is 0 Å². The lowest BCUT2D eigenvalue weighted by Gasteiger charge is -2.16.